The van der Waals surface area contributed by atoms with Crippen LogP contribution < -0.4 is 30.6 Å². The van der Waals surface area contributed by atoms with Crippen molar-refractivity contribution in [2.45, 2.75) is 0 Å². The molecule has 0 bridgehead atoms. The predicted molar refractivity (Wildman–Crippen MR) is 130 cm³/mol. The van der Waals surface area contributed by atoms with Crippen molar-refractivity contribution in [3.05, 3.63) is 58.5 Å². The maximum absolute atomic E-state index is 12.4. The van der Waals surface area contributed by atoms with Crippen LogP contribution in [0.1, 0.15) is 5.69 Å². The third kappa shape index (κ3) is 5.76. The number of methoxy groups -OCH3 is 3. The Morgan fingerprint density at radius 3 is 2.24 bits per heavy atom. The second-order valence-corrected chi connectivity index (χ2v) is 7.32. The number of rotatable bonds is 8. The summed E-state index contributed by atoms with van der Waals surface area (Å²) >= 11 is 11.9. The maximum atomic E-state index is 12.4. The molecule has 1 amide bonds. The molecule has 1 aromatic heterocycles. The van der Waals surface area contributed by atoms with Gasteiger partial charge < -0.3 is 30.6 Å². The summed E-state index contributed by atoms with van der Waals surface area (Å²) in [5.74, 6) is 1.37. The SMILES string of the molecule is COc1cc(Nc2nccnc2/C=C/C(=O)Nc2cc(Cl)c(Cl)cc2N)cc(OC)c1OC. The van der Waals surface area contributed by atoms with E-state index in [0.717, 1.165) is 0 Å². The molecule has 4 N–H and O–H groups in total. The van der Waals surface area contributed by atoms with Crippen molar-refractivity contribution in [1.82, 2.24) is 9.97 Å². The molecular formula is C22H21Cl2N5O4. The van der Waals surface area contributed by atoms with E-state index in [0.29, 0.717) is 45.2 Å². The smallest absolute Gasteiger partial charge is 0.248 e. The van der Waals surface area contributed by atoms with Crippen LogP contribution >= 0.6 is 23.2 Å². The fraction of sp³-hybridized carbons (Fsp3) is 0.136. The average molecular weight is 490 g/mol. The van der Waals surface area contributed by atoms with Crippen molar-refractivity contribution >= 4 is 58.1 Å². The van der Waals surface area contributed by atoms with E-state index < -0.39 is 5.91 Å². The lowest BCUT2D eigenvalue weighted by molar-refractivity contribution is -0.111. The highest BCUT2D eigenvalue weighted by molar-refractivity contribution is 6.42. The fourth-order valence-electron chi connectivity index (χ4n) is 2.86. The molecule has 0 saturated carbocycles. The van der Waals surface area contributed by atoms with Gasteiger partial charge in [-0.3, -0.25) is 9.78 Å². The third-order valence-corrected chi connectivity index (χ3v) is 5.12. The summed E-state index contributed by atoms with van der Waals surface area (Å²) in [6.45, 7) is 0. The molecule has 0 aliphatic heterocycles. The molecule has 9 nitrogen and oxygen atoms in total. The van der Waals surface area contributed by atoms with Crippen LogP contribution in [0.15, 0.2) is 42.7 Å². The monoisotopic (exact) mass is 489 g/mol. The Labute approximate surface area is 200 Å². The Balaban J connectivity index is 1.82. The minimum atomic E-state index is -0.440. The van der Waals surface area contributed by atoms with E-state index in [1.807, 2.05) is 0 Å². The summed E-state index contributed by atoms with van der Waals surface area (Å²) < 4.78 is 16.1. The molecule has 172 valence electrons. The highest BCUT2D eigenvalue weighted by Crippen LogP contribution is 2.40. The van der Waals surface area contributed by atoms with E-state index in [9.17, 15) is 4.79 Å². The van der Waals surface area contributed by atoms with Crippen molar-refractivity contribution in [2.75, 3.05) is 37.7 Å². The van der Waals surface area contributed by atoms with Crippen LogP contribution in [0, 0.1) is 0 Å². The highest BCUT2D eigenvalue weighted by Gasteiger charge is 2.14. The Morgan fingerprint density at radius 2 is 1.61 bits per heavy atom. The Bertz CT molecular complexity index is 1180. The van der Waals surface area contributed by atoms with Gasteiger partial charge in [0, 0.05) is 36.3 Å². The van der Waals surface area contributed by atoms with Crippen molar-refractivity contribution < 1.29 is 19.0 Å². The number of aromatic nitrogens is 2. The second-order valence-electron chi connectivity index (χ2n) is 6.51. The van der Waals surface area contributed by atoms with Crippen LogP contribution in [-0.4, -0.2) is 37.2 Å². The Kier molecular flexibility index (Phi) is 7.81. The molecule has 11 heteroatoms. The number of nitrogens with two attached hydrogens (primary N) is 1. The molecule has 0 aliphatic carbocycles. The Hall–Kier alpha value is -3.69. The van der Waals surface area contributed by atoms with Gasteiger partial charge in [-0.1, -0.05) is 23.2 Å². The molecule has 3 rings (SSSR count). The lowest BCUT2D eigenvalue weighted by Gasteiger charge is -2.15. The van der Waals surface area contributed by atoms with Gasteiger partial charge in [0.1, 0.15) is 5.69 Å². The zero-order valence-corrected chi connectivity index (χ0v) is 19.5. The first kappa shape index (κ1) is 24.0. The van der Waals surface area contributed by atoms with Gasteiger partial charge in [0.2, 0.25) is 11.7 Å². The molecule has 3 aromatic rings. The van der Waals surface area contributed by atoms with Crippen molar-refractivity contribution in [1.29, 1.82) is 0 Å². The number of nitrogen functional groups attached to an aromatic ring is 1. The molecule has 0 aliphatic rings. The third-order valence-electron chi connectivity index (χ3n) is 4.40. The van der Waals surface area contributed by atoms with Gasteiger partial charge in [-0.15, -0.1) is 0 Å². The number of nitrogens with one attached hydrogen (secondary N) is 2. The standard InChI is InChI=1S/C22H21Cl2N5O4/c1-31-18-8-12(9-19(32-2)21(18)33-3)28-22-16(26-6-7-27-22)4-5-20(30)29-17-11-14(24)13(23)10-15(17)25/h4-11H,25H2,1-3H3,(H,27,28)(H,29,30)/b5-4+. The van der Waals surface area contributed by atoms with Crippen molar-refractivity contribution in [3.63, 3.8) is 0 Å². The lowest BCUT2D eigenvalue weighted by Crippen LogP contribution is -2.10. The van der Waals surface area contributed by atoms with E-state index >= 15 is 0 Å². The van der Waals surface area contributed by atoms with Crippen LogP contribution in [0.5, 0.6) is 17.2 Å². The minimum Gasteiger partial charge on any atom is -0.493 e. The van der Waals surface area contributed by atoms with Crippen LogP contribution in [0.4, 0.5) is 22.9 Å². The fourth-order valence-corrected chi connectivity index (χ4v) is 3.19. The molecule has 0 atom stereocenters. The van der Waals surface area contributed by atoms with E-state index in [2.05, 4.69) is 20.6 Å². The molecule has 0 radical (unpaired) electrons. The normalized spacial score (nSPS) is 10.7. The zero-order valence-electron chi connectivity index (χ0n) is 18.0. The van der Waals surface area contributed by atoms with Gasteiger partial charge in [0.15, 0.2) is 17.3 Å². The molecule has 2 aromatic carbocycles. The number of benzene rings is 2. The van der Waals surface area contributed by atoms with Crippen LogP contribution in [0.25, 0.3) is 6.08 Å². The van der Waals surface area contributed by atoms with Gasteiger partial charge in [-0.05, 0) is 18.2 Å². The van der Waals surface area contributed by atoms with E-state index in [4.69, 9.17) is 43.1 Å². The lowest BCUT2D eigenvalue weighted by atomic mass is 10.2. The molecular weight excluding hydrogens is 469 g/mol. The maximum Gasteiger partial charge on any atom is 0.248 e. The first-order valence-electron chi connectivity index (χ1n) is 9.47. The summed E-state index contributed by atoms with van der Waals surface area (Å²) in [4.78, 5) is 21.0. The molecule has 0 spiro atoms. The second kappa shape index (κ2) is 10.8. The molecule has 0 fully saturated rings. The van der Waals surface area contributed by atoms with Gasteiger partial charge in [-0.25, -0.2) is 4.98 Å². The van der Waals surface area contributed by atoms with Crippen molar-refractivity contribution in [3.8, 4) is 17.2 Å². The largest absolute Gasteiger partial charge is 0.493 e. The van der Waals surface area contributed by atoms with Gasteiger partial charge >= 0.3 is 0 Å². The summed E-state index contributed by atoms with van der Waals surface area (Å²) in [5.41, 5.74) is 7.55. The van der Waals surface area contributed by atoms with Gasteiger partial charge in [0.25, 0.3) is 0 Å². The van der Waals surface area contributed by atoms with E-state index in [1.54, 1.807) is 12.1 Å². The number of anilines is 4. The molecule has 0 unspecified atom stereocenters. The number of hydrogen-bond donors (Lipinski definition) is 3. The number of nitrogens with zero attached hydrogens (tertiary/aromatic N) is 2. The average Bonchev–Trinajstić information content (AvgIpc) is 2.81. The number of carbonyl (C=O) groups is 1. The van der Waals surface area contributed by atoms with Crippen LogP contribution in [0.3, 0.4) is 0 Å². The number of amides is 1. The minimum absolute atomic E-state index is 0.274. The van der Waals surface area contributed by atoms with Gasteiger partial charge in [0.05, 0.1) is 42.7 Å². The molecule has 1 heterocycles. The number of hydrogen-bond acceptors (Lipinski definition) is 8. The van der Waals surface area contributed by atoms with Crippen LogP contribution in [-0.2, 0) is 4.79 Å². The number of carbonyl (C=O) groups excluding carboxylic acids is 1. The summed E-state index contributed by atoms with van der Waals surface area (Å²) in [6.07, 6.45) is 5.84. The summed E-state index contributed by atoms with van der Waals surface area (Å²) in [6, 6.07) is 6.39. The van der Waals surface area contributed by atoms with E-state index in [-0.39, 0.29) is 10.7 Å². The van der Waals surface area contributed by atoms with Crippen molar-refractivity contribution in [2.24, 2.45) is 0 Å². The number of ether oxygens (including phenoxy) is 3. The topological polar surface area (TPSA) is 121 Å². The summed E-state index contributed by atoms with van der Waals surface area (Å²) in [7, 11) is 4.57. The Morgan fingerprint density at radius 1 is 0.970 bits per heavy atom. The number of halogens is 2. The predicted octanol–water partition coefficient (Wildman–Crippen LogP) is 4.79. The molecule has 0 saturated heterocycles. The zero-order chi connectivity index (χ0) is 24.0. The highest BCUT2D eigenvalue weighted by atomic mass is 35.5. The first-order valence-corrected chi connectivity index (χ1v) is 10.2. The van der Waals surface area contributed by atoms with E-state index in [1.165, 1.54) is 58.0 Å². The van der Waals surface area contributed by atoms with Crippen LogP contribution in [0.2, 0.25) is 10.0 Å². The quantitative estimate of drug-likeness (QED) is 0.305. The van der Waals surface area contributed by atoms with Gasteiger partial charge in [-0.2, -0.15) is 0 Å². The first-order chi connectivity index (χ1) is 15.9. The summed E-state index contributed by atoms with van der Waals surface area (Å²) in [5, 5.41) is 6.37. The molecule has 33 heavy (non-hydrogen) atoms.